The molecule has 0 bridgehead atoms. The fourth-order valence-corrected chi connectivity index (χ4v) is 2.07. The average molecular weight is 303 g/mol. The molecule has 0 heterocycles. The van der Waals surface area contributed by atoms with Gasteiger partial charge in [0.15, 0.2) is 5.78 Å². The summed E-state index contributed by atoms with van der Waals surface area (Å²) in [5.41, 5.74) is 0.298. The van der Waals surface area contributed by atoms with Crippen molar-refractivity contribution in [3.8, 4) is 0 Å². The van der Waals surface area contributed by atoms with E-state index in [1.807, 2.05) is 0 Å². The molecule has 2 aromatic carbocycles. The maximum Gasteiger partial charge on any atom is 0.411 e. The first-order valence-electron chi connectivity index (χ1n) is 5.73. The molecular weight excluding hydrogens is 293 g/mol. The highest BCUT2D eigenvalue weighted by molar-refractivity contribution is 6.36. The molecule has 2 nitrogen and oxygen atoms in total. The van der Waals surface area contributed by atoms with Gasteiger partial charge in [0.05, 0.1) is 0 Å². The second-order valence-electron chi connectivity index (χ2n) is 4.17. The molecule has 0 amide bonds. The number of alkyl halides is 3. The van der Waals surface area contributed by atoms with Crippen LogP contribution < -0.4 is 0 Å². The molecule has 0 atom stereocenters. The van der Waals surface area contributed by atoms with Gasteiger partial charge in [-0.2, -0.15) is 13.2 Å². The monoisotopic (exact) mass is 302 g/mol. The lowest BCUT2D eigenvalue weighted by Gasteiger charge is -2.09. The summed E-state index contributed by atoms with van der Waals surface area (Å²) in [4.78, 5) is 11.9. The van der Waals surface area contributed by atoms with Gasteiger partial charge in [-0.25, -0.2) is 0 Å². The van der Waals surface area contributed by atoms with E-state index in [1.165, 1.54) is 6.07 Å². The summed E-state index contributed by atoms with van der Waals surface area (Å²) in [7, 11) is 0. The maximum atomic E-state index is 12.0. The lowest BCUT2D eigenvalue weighted by molar-refractivity contribution is -0.170. The Morgan fingerprint density at radius 1 is 1.10 bits per heavy atom. The first-order chi connectivity index (χ1) is 9.38. The number of carbonyl (C=O) groups excluding carboxylic acids is 1. The molecule has 6 heteroatoms. The Bertz CT molecular complexity index is 638. The van der Waals surface area contributed by atoms with Crippen LogP contribution in [0.2, 0.25) is 5.02 Å². The van der Waals surface area contributed by atoms with Crippen LogP contribution in [0.25, 0.3) is 10.8 Å². The predicted molar refractivity (Wildman–Crippen MR) is 70.2 cm³/mol. The third-order valence-corrected chi connectivity index (χ3v) is 3.00. The van der Waals surface area contributed by atoms with Crippen molar-refractivity contribution in [2.75, 3.05) is 13.2 Å². The van der Waals surface area contributed by atoms with Crippen molar-refractivity contribution in [1.82, 2.24) is 0 Å². The molecule has 106 valence electrons. The second kappa shape index (κ2) is 5.81. The van der Waals surface area contributed by atoms with Crippen molar-refractivity contribution in [1.29, 1.82) is 0 Å². The minimum atomic E-state index is -4.44. The molecule has 0 saturated carbocycles. The van der Waals surface area contributed by atoms with Crippen LogP contribution >= 0.6 is 11.6 Å². The van der Waals surface area contributed by atoms with Gasteiger partial charge < -0.3 is 4.74 Å². The van der Waals surface area contributed by atoms with Crippen LogP contribution in [0.3, 0.4) is 0 Å². The number of halogens is 4. The van der Waals surface area contributed by atoms with Gasteiger partial charge in [0.25, 0.3) is 0 Å². The normalized spacial score (nSPS) is 11.8. The SMILES string of the molecule is O=C(COCC(F)(F)F)c1ccc(Cl)c2ccccc12. The number of ether oxygens (including phenoxy) is 1. The summed E-state index contributed by atoms with van der Waals surface area (Å²) in [5, 5.41) is 1.75. The molecule has 0 radical (unpaired) electrons. The third kappa shape index (κ3) is 3.49. The van der Waals surface area contributed by atoms with Crippen LogP contribution in [0, 0.1) is 0 Å². The number of ketones is 1. The molecule has 2 rings (SSSR count). The standard InChI is InChI=1S/C14H10ClF3O2/c15-12-6-5-11(9-3-1-2-4-10(9)12)13(19)7-20-8-14(16,17)18/h1-6H,7-8H2. The zero-order valence-electron chi connectivity index (χ0n) is 10.2. The molecule has 2 aromatic rings. The topological polar surface area (TPSA) is 26.3 Å². The van der Waals surface area contributed by atoms with Crippen molar-refractivity contribution in [3.05, 3.63) is 47.0 Å². The van der Waals surface area contributed by atoms with Crippen LogP contribution in [-0.2, 0) is 4.74 Å². The van der Waals surface area contributed by atoms with Crippen molar-refractivity contribution in [3.63, 3.8) is 0 Å². The Morgan fingerprint density at radius 3 is 2.40 bits per heavy atom. The number of hydrogen-bond donors (Lipinski definition) is 0. The van der Waals surface area contributed by atoms with Gasteiger partial charge >= 0.3 is 6.18 Å². The number of hydrogen-bond acceptors (Lipinski definition) is 2. The van der Waals surface area contributed by atoms with Crippen LogP contribution in [0.4, 0.5) is 13.2 Å². The van der Waals surface area contributed by atoms with E-state index in [4.69, 9.17) is 11.6 Å². The molecule has 0 aliphatic rings. The van der Waals surface area contributed by atoms with Gasteiger partial charge in [0.1, 0.15) is 13.2 Å². The van der Waals surface area contributed by atoms with Crippen LogP contribution in [0.5, 0.6) is 0 Å². The van der Waals surface area contributed by atoms with Gasteiger partial charge in [0, 0.05) is 16.0 Å². The Kier molecular flexibility index (Phi) is 4.30. The highest BCUT2D eigenvalue weighted by Gasteiger charge is 2.28. The first kappa shape index (κ1) is 14.8. The van der Waals surface area contributed by atoms with Gasteiger partial charge in [0.2, 0.25) is 0 Å². The minimum Gasteiger partial charge on any atom is -0.364 e. The number of benzene rings is 2. The Morgan fingerprint density at radius 2 is 1.75 bits per heavy atom. The van der Waals surface area contributed by atoms with Crippen LogP contribution in [0.1, 0.15) is 10.4 Å². The summed E-state index contributed by atoms with van der Waals surface area (Å²) >= 11 is 6.01. The van der Waals surface area contributed by atoms with Crippen molar-refractivity contribution >= 4 is 28.2 Å². The maximum absolute atomic E-state index is 12.0. The van der Waals surface area contributed by atoms with Gasteiger partial charge in [-0.05, 0) is 17.5 Å². The summed E-state index contributed by atoms with van der Waals surface area (Å²) < 4.78 is 40.3. The third-order valence-electron chi connectivity index (χ3n) is 2.67. The number of carbonyl (C=O) groups is 1. The average Bonchev–Trinajstić information content (AvgIpc) is 2.38. The van der Waals surface area contributed by atoms with Crippen molar-refractivity contribution in [2.45, 2.75) is 6.18 Å². The summed E-state index contributed by atoms with van der Waals surface area (Å²) in [6.45, 7) is -2.06. The fourth-order valence-electron chi connectivity index (χ4n) is 1.84. The second-order valence-corrected chi connectivity index (χ2v) is 4.58. The van der Waals surface area contributed by atoms with E-state index in [0.29, 0.717) is 21.4 Å². The Hall–Kier alpha value is -1.59. The quantitative estimate of drug-likeness (QED) is 0.789. The molecule has 0 aliphatic carbocycles. The Balaban J connectivity index is 2.21. The predicted octanol–water partition coefficient (Wildman–Crippen LogP) is 4.25. The lowest BCUT2D eigenvalue weighted by atomic mass is 10.0. The van der Waals surface area contributed by atoms with Gasteiger partial charge in [-0.15, -0.1) is 0 Å². The van der Waals surface area contributed by atoms with Gasteiger partial charge in [-0.1, -0.05) is 35.9 Å². The zero-order valence-corrected chi connectivity index (χ0v) is 11.0. The van der Waals surface area contributed by atoms with Crippen LogP contribution in [0.15, 0.2) is 36.4 Å². The molecule has 0 unspecified atom stereocenters. The summed E-state index contributed by atoms with van der Waals surface area (Å²) in [6.07, 6.45) is -4.44. The molecule has 0 fully saturated rings. The number of fused-ring (bicyclic) bond motifs is 1. The fraction of sp³-hybridized carbons (Fsp3) is 0.214. The summed E-state index contributed by atoms with van der Waals surface area (Å²) in [6, 6.07) is 9.96. The van der Waals surface area contributed by atoms with E-state index in [0.717, 1.165) is 0 Å². The molecule has 0 N–H and O–H groups in total. The molecule has 20 heavy (non-hydrogen) atoms. The van der Waals surface area contributed by atoms with Crippen molar-refractivity contribution < 1.29 is 22.7 Å². The van der Waals surface area contributed by atoms with E-state index >= 15 is 0 Å². The van der Waals surface area contributed by atoms with E-state index in [2.05, 4.69) is 4.74 Å². The molecule has 0 spiro atoms. The zero-order chi connectivity index (χ0) is 14.8. The van der Waals surface area contributed by atoms with E-state index in [9.17, 15) is 18.0 Å². The van der Waals surface area contributed by atoms with E-state index in [-0.39, 0.29) is 0 Å². The number of Topliss-reactive ketones (excluding diaryl/α,β-unsaturated/α-hetero) is 1. The molecule has 0 aromatic heterocycles. The number of rotatable bonds is 4. The largest absolute Gasteiger partial charge is 0.411 e. The smallest absolute Gasteiger partial charge is 0.364 e. The highest BCUT2D eigenvalue weighted by atomic mass is 35.5. The lowest BCUT2D eigenvalue weighted by Crippen LogP contribution is -2.20. The molecule has 0 saturated heterocycles. The Labute approximate surface area is 118 Å². The first-order valence-corrected chi connectivity index (χ1v) is 6.11. The van der Waals surface area contributed by atoms with Gasteiger partial charge in [-0.3, -0.25) is 4.79 Å². The minimum absolute atomic E-state index is 0.298. The highest BCUT2D eigenvalue weighted by Crippen LogP contribution is 2.26. The van der Waals surface area contributed by atoms with E-state index < -0.39 is 25.2 Å². The van der Waals surface area contributed by atoms with Crippen LogP contribution in [-0.4, -0.2) is 25.2 Å². The van der Waals surface area contributed by atoms with E-state index in [1.54, 1.807) is 30.3 Å². The van der Waals surface area contributed by atoms with Crippen molar-refractivity contribution in [2.24, 2.45) is 0 Å². The molecule has 0 aliphatic heterocycles. The summed E-state index contributed by atoms with van der Waals surface area (Å²) in [5.74, 6) is -0.512. The molecular formula is C14H10ClF3O2.